The van der Waals surface area contributed by atoms with Crippen LogP contribution in [-0.4, -0.2) is 12.7 Å². The van der Waals surface area contributed by atoms with E-state index in [1.165, 1.54) is 0 Å². The van der Waals surface area contributed by atoms with E-state index in [1.807, 2.05) is 25.1 Å². The molecule has 1 heterocycles. The molecule has 6 heteroatoms. The number of dihydropyridines is 1. The van der Waals surface area contributed by atoms with Gasteiger partial charge in [-0.25, -0.2) is 0 Å². The summed E-state index contributed by atoms with van der Waals surface area (Å²) in [4.78, 5) is 0. The predicted octanol–water partition coefficient (Wildman–Crippen LogP) is 4.30. The Bertz CT molecular complexity index is 649. The number of allylic oxidation sites excluding steroid dienone is 2. The standard InChI is InChI=1S/C15H12BrF3N2/c1-2-9-3-5-10(6-4-9)14-11(7-20)13(16)12(8-21-14)15(17,18)19/h3-6,21H,2,8H2,1H3. The van der Waals surface area contributed by atoms with Gasteiger partial charge in [-0.2, -0.15) is 18.4 Å². The molecule has 0 unspecified atom stereocenters. The summed E-state index contributed by atoms with van der Waals surface area (Å²) in [7, 11) is 0. The average molecular weight is 357 g/mol. The second-order valence-corrected chi connectivity index (χ2v) is 5.35. The number of nitrogens with zero attached hydrogens (tertiary/aromatic N) is 1. The molecule has 1 aliphatic heterocycles. The van der Waals surface area contributed by atoms with Gasteiger partial charge in [-0.1, -0.05) is 31.2 Å². The van der Waals surface area contributed by atoms with Crippen LogP contribution in [0.2, 0.25) is 0 Å². The quantitative estimate of drug-likeness (QED) is 0.857. The lowest BCUT2D eigenvalue weighted by atomic mass is 9.99. The second kappa shape index (κ2) is 5.94. The molecular formula is C15H12BrF3N2. The van der Waals surface area contributed by atoms with Crippen molar-refractivity contribution in [1.82, 2.24) is 5.32 Å². The van der Waals surface area contributed by atoms with Gasteiger partial charge in [-0.15, -0.1) is 0 Å². The van der Waals surface area contributed by atoms with Crippen LogP contribution in [0.4, 0.5) is 13.2 Å². The van der Waals surface area contributed by atoms with Gasteiger partial charge in [-0.3, -0.25) is 0 Å². The van der Waals surface area contributed by atoms with E-state index in [9.17, 15) is 18.4 Å². The lowest BCUT2D eigenvalue weighted by molar-refractivity contribution is -0.0929. The van der Waals surface area contributed by atoms with Crippen molar-refractivity contribution >= 4 is 21.6 Å². The lowest BCUT2D eigenvalue weighted by Gasteiger charge is -2.23. The normalized spacial score (nSPS) is 15.8. The molecule has 0 saturated carbocycles. The number of benzene rings is 1. The molecule has 110 valence electrons. The van der Waals surface area contributed by atoms with Crippen molar-refractivity contribution in [2.45, 2.75) is 19.5 Å². The first kappa shape index (κ1) is 15.6. The van der Waals surface area contributed by atoms with E-state index in [4.69, 9.17) is 0 Å². The number of alkyl halides is 3. The van der Waals surface area contributed by atoms with E-state index in [1.54, 1.807) is 12.1 Å². The van der Waals surface area contributed by atoms with E-state index in [2.05, 4.69) is 21.2 Å². The molecular weight excluding hydrogens is 345 g/mol. The van der Waals surface area contributed by atoms with Crippen LogP contribution in [0.5, 0.6) is 0 Å². The maximum absolute atomic E-state index is 12.9. The molecule has 0 aromatic heterocycles. The SMILES string of the molecule is CCc1ccc(C2=C(C#N)C(Br)=C(C(F)(F)F)CN2)cc1. The van der Waals surface area contributed by atoms with E-state index < -0.39 is 11.7 Å². The van der Waals surface area contributed by atoms with Gasteiger partial charge in [0, 0.05) is 11.0 Å². The maximum atomic E-state index is 12.9. The highest BCUT2D eigenvalue weighted by atomic mass is 79.9. The summed E-state index contributed by atoms with van der Waals surface area (Å²) >= 11 is 2.92. The molecule has 0 fully saturated rings. The first-order valence-corrected chi connectivity index (χ1v) is 7.11. The molecule has 1 aromatic carbocycles. The van der Waals surface area contributed by atoms with Crippen molar-refractivity contribution in [3.05, 3.63) is 51.0 Å². The second-order valence-electron chi connectivity index (χ2n) is 4.56. The molecule has 2 nitrogen and oxygen atoms in total. The van der Waals surface area contributed by atoms with Gasteiger partial charge in [-0.05, 0) is 33.5 Å². The molecule has 0 atom stereocenters. The number of halogens is 4. The smallest absolute Gasteiger partial charge is 0.379 e. The van der Waals surface area contributed by atoms with Crippen LogP contribution in [0.1, 0.15) is 18.1 Å². The first-order chi connectivity index (χ1) is 9.88. The Morgan fingerprint density at radius 2 is 1.90 bits per heavy atom. The fraction of sp³-hybridized carbons (Fsp3) is 0.267. The van der Waals surface area contributed by atoms with Crippen LogP contribution in [0, 0.1) is 11.3 Å². The number of rotatable bonds is 2. The van der Waals surface area contributed by atoms with Crippen LogP contribution in [0.15, 0.2) is 39.9 Å². The van der Waals surface area contributed by atoms with Gasteiger partial charge in [0.25, 0.3) is 0 Å². The Balaban J connectivity index is 2.52. The summed E-state index contributed by atoms with van der Waals surface area (Å²) < 4.78 is 38.4. The van der Waals surface area contributed by atoms with E-state index in [0.717, 1.165) is 12.0 Å². The molecule has 0 radical (unpaired) electrons. The molecule has 0 spiro atoms. The van der Waals surface area contributed by atoms with Gasteiger partial charge >= 0.3 is 6.18 Å². The third-order valence-electron chi connectivity index (χ3n) is 3.28. The van der Waals surface area contributed by atoms with Gasteiger partial charge in [0.05, 0.1) is 16.8 Å². The lowest BCUT2D eigenvalue weighted by Crippen LogP contribution is -2.29. The van der Waals surface area contributed by atoms with E-state index in [-0.39, 0.29) is 16.6 Å². The Kier molecular flexibility index (Phi) is 4.43. The monoisotopic (exact) mass is 356 g/mol. The van der Waals surface area contributed by atoms with Crippen molar-refractivity contribution in [3.63, 3.8) is 0 Å². The van der Waals surface area contributed by atoms with Crippen LogP contribution in [0.25, 0.3) is 5.70 Å². The molecule has 21 heavy (non-hydrogen) atoms. The third kappa shape index (κ3) is 3.13. The molecule has 2 rings (SSSR count). The zero-order valence-corrected chi connectivity index (χ0v) is 12.8. The summed E-state index contributed by atoms with van der Waals surface area (Å²) in [5, 5.41) is 11.9. The molecule has 0 aliphatic carbocycles. The summed E-state index contributed by atoms with van der Waals surface area (Å²) in [5.74, 6) is 0. The van der Waals surface area contributed by atoms with E-state index in [0.29, 0.717) is 11.3 Å². The van der Waals surface area contributed by atoms with Crippen molar-refractivity contribution in [2.24, 2.45) is 0 Å². The number of nitrogens with one attached hydrogen (secondary N) is 1. The number of nitriles is 1. The minimum Gasteiger partial charge on any atom is -0.379 e. The average Bonchev–Trinajstić information content (AvgIpc) is 2.45. The third-order valence-corrected chi connectivity index (χ3v) is 4.16. The fourth-order valence-corrected chi connectivity index (χ4v) is 2.74. The van der Waals surface area contributed by atoms with Crippen LogP contribution in [-0.2, 0) is 6.42 Å². The molecule has 0 saturated heterocycles. The molecule has 1 aliphatic rings. The Morgan fingerprint density at radius 3 is 2.38 bits per heavy atom. The molecule has 0 bridgehead atoms. The van der Waals surface area contributed by atoms with E-state index >= 15 is 0 Å². The van der Waals surface area contributed by atoms with Gasteiger partial charge in [0.15, 0.2) is 0 Å². The maximum Gasteiger partial charge on any atom is 0.415 e. The minimum atomic E-state index is -4.47. The fourth-order valence-electron chi connectivity index (χ4n) is 2.09. The van der Waals surface area contributed by atoms with Crippen molar-refractivity contribution in [3.8, 4) is 6.07 Å². The Morgan fingerprint density at radius 1 is 1.29 bits per heavy atom. The Hall–Kier alpha value is -1.74. The summed E-state index contributed by atoms with van der Waals surface area (Å²) in [6.45, 7) is 1.66. The number of hydrogen-bond donors (Lipinski definition) is 1. The van der Waals surface area contributed by atoms with Gasteiger partial charge in [0.2, 0.25) is 0 Å². The van der Waals surface area contributed by atoms with Gasteiger partial charge in [0.1, 0.15) is 6.07 Å². The highest BCUT2D eigenvalue weighted by molar-refractivity contribution is 9.12. The van der Waals surface area contributed by atoms with Crippen LogP contribution in [0.3, 0.4) is 0 Å². The van der Waals surface area contributed by atoms with Gasteiger partial charge < -0.3 is 5.32 Å². The number of hydrogen-bond acceptors (Lipinski definition) is 2. The Labute approximate surface area is 129 Å². The van der Waals surface area contributed by atoms with Crippen molar-refractivity contribution < 1.29 is 13.2 Å². The highest BCUT2D eigenvalue weighted by Gasteiger charge is 2.39. The minimum absolute atomic E-state index is 0.0298. The largest absolute Gasteiger partial charge is 0.415 e. The predicted molar refractivity (Wildman–Crippen MR) is 78.4 cm³/mol. The number of aryl methyl sites for hydroxylation is 1. The van der Waals surface area contributed by atoms with Crippen molar-refractivity contribution in [1.29, 1.82) is 5.26 Å². The summed E-state index contributed by atoms with van der Waals surface area (Å²) in [6, 6.07) is 9.25. The summed E-state index contributed by atoms with van der Waals surface area (Å²) in [6.07, 6.45) is -3.59. The summed E-state index contributed by atoms with van der Waals surface area (Å²) in [5.41, 5.74) is 1.44. The first-order valence-electron chi connectivity index (χ1n) is 6.32. The topological polar surface area (TPSA) is 35.8 Å². The van der Waals surface area contributed by atoms with Crippen molar-refractivity contribution in [2.75, 3.05) is 6.54 Å². The zero-order valence-electron chi connectivity index (χ0n) is 11.2. The molecule has 1 aromatic rings. The van der Waals surface area contributed by atoms with Crippen LogP contribution >= 0.6 is 15.9 Å². The molecule has 1 N–H and O–H groups in total. The zero-order chi connectivity index (χ0) is 15.6. The van der Waals surface area contributed by atoms with Crippen LogP contribution < -0.4 is 5.32 Å². The molecule has 0 amide bonds. The highest BCUT2D eigenvalue weighted by Crippen LogP contribution is 2.38.